The predicted octanol–water partition coefficient (Wildman–Crippen LogP) is 1.25. The molecule has 72 valence electrons. The second kappa shape index (κ2) is 4.04. The molecule has 0 amide bonds. The van der Waals surface area contributed by atoms with E-state index in [1.54, 1.807) is 0 Å². The average molecular weight is 208 g/mol. The summed E-state index contributed by atoms with van der Waals surface area (Å²) in [6.07, 6.45) is 0. The number of amidine groups is 1. The summed E-state index contributed by atoms with van der Waals surface area (Å²) in [4.78, 5) is 0. The van der Waals surface area contributed by atoms with E-state index in [0.717, 1.165) is 12.1 Å². The van der Waals surface area contributed by atoms with E-state index in [1.807, 2.05) is 0 Å². The molecule has 0 saturated carbocycles. The second-order valence-electron chi connectivity index (χ2n) is 2.23. The molecule has 0 atom stereocenters. The standard InChI is InChI=1S/C7H7F2N3.ClH/c8-3-1-2-4(9)6(10)5(3)7(11)12;/h1-2H,10H2,(H3,11,12);1H. The van der Waals surface area contributed by atoms with Crippen LogP contribution in [-0.4, -0.2) is 5.84 Å². The zero-order valence-electron chi connectivity index (χ0n) is 6.47. The monoisotopic (exact) mass is 207 g/mol. The molecular formula is C7H8ClF2N3. The third-order valence-corrected chi connectivity index (χ3v) is 1.41. The lowest BCUT2D eigenvalue weighted by molar-refractivity contribution is 0.602. The van der Waals surface area contributed by atoms with Gasteiger partial charge in [-0.15, -0.1) is 12.4 Å². The molecule has 0 radical (unpaired) electrons. The molecule has 5 N–H and O–H groups in total. The SMILES string of the molecule is Cl.N=C(N)c1c(F)ccc(F)c1N. The molecule has 0 unspecified atom stereocenters. The molecule has 13 heavy (non-hydrogen) atoms. The van der Waals surface area contributed by atoms with Crippen LogP contribution in [0.15, 0.2) is 12.1 Å². The van der Waals surface area contributed by atoms with Gasteiger partial charge in [0.25, 0.3) is 0 Å². The maximum absolute atomic E-state index is 12.8. The number of nitrogens with one attached hydrogen (secondary N) is 1. The smallest absolute Gasteiger partial charge is 0.147 e. The van der Waals surface area contributed by atoms with Crippen molar-refractivity contribution >= 4 is 23.9 Å². The third kappa shape index (κ3) is 2.06. The maximum Gasteiger partial charge on any atom is 0.147 e. The number of nitrogens with two attached hydrogens (primary N) is 2. The highest BCUT2D eigenvalue weighted by atomic mass is 35.5. The Hall–Kier alpha value is -1.36. The number of halogens is 3. The van der Waals surface area contributed by atoms with Crippen LogP contribution in [0.2, 0.25) is 0 Å². The van der Waals surface area contributed by atoms with E-state index < -0.39 is 23.2 Å². The van der Waals surface area contributed by atoms with Crippen molar-refractivity contribution in [3.63, 3.8) is 0 Å². The van der Waals surface area contributed by atoms with Crippen molar-refractivity contribution in [2.24, 2.45) is 5.73 Å². The molecule has 1 aromatic carbocycles. The lowest BCUT2D eigenvalue weighted by Gasteiger charge is -2.04. The quantitative estimate of drug-likeness (QED) is 0.368. The molecule has 6 heteroatoms. The van der Waals surface area contributed by atoms with E-state index >= 15 is 0 Å². The van der Waals surface area contributed by atoms with Gasteiger partial charge in [-0.05, 0) is 12.1 Å². The van der Waals surface area contributed by atoms with Crippen LogP contribution in [0, 0.1) is 17.0 Å². The van der Waals surface area contributed by atoms with E-state index in [4.69, 9.17) is 16.9 Å². The molecule has 0 aliphatic carbocycles. The summed E-state index contributed by atoms with van der Waals surface area (Å²) in [5.74, 6) is -2.15. The van der Waals surface area contributed by atoms with Crippen LogP contribution in [0.25, 0.3) is 0 Å². The summed E-state index contributed by atoms with van der Waals surface area (Å²) in [5.41, 5.74) is 9.32. The Kier molecular flexibility index (Phi) is 3.62. The molecule has 0 heterocycles. The molecule has 0 fully saturated rings. The number of rotatable bonds is 1. The Bertz CT molecular complexity index is 341. The highest BCUT2D eigenvalue weighted by Crippen LogP contribution is 2.18. The molecule has 0 aromatic heterocycles. The van der Waals surface area contributed by atoms with Gasteiger partial charge >= 0.3 is 0 Å². The fourth-order valence-corrected chi connectivity index (χ4v) is 0.841. The van der Waals surface area contributed by atoms with Crippen molar-refractivity contribution in [3.05, 3.63) is 29.3 Å². The molecule has 0 bridgehead atoms. The molecular weight excluding hydrogens is 200 g/mol. The number of nitrogen functional groups attached to an aromatic ring is 2. The van der Waals surface area contributed by atoms with Crippen molar-refractivity contribution in [2.45, 2.75) is 0 Å². The Balaban J connectivity index is 0.00000144. The van der Waals surface area contributed by atoms with Crippen LogP contribution < -0.4 is 11.5 Å². The number of hydrogen-bond acceptors (Lipinski definition) is 2. The minimum Gasteiger partial charge on any atom is -0.396 e. The van der Waals surface area contributed by atoms with Crippen LogP contribution in [-0.2, 0) is 0 Å². The van der Waals surface area contributed by atoms with E-state index in [2.05, 4.69) is 0 Å². The van der Waals surface area contributed by atoms with Gasteiger partial charge in [-0.1, -0.05) is 0 Å². The first-order chi connectivity index (χ1) is 5.54. The first-order valence-corrected chi connectivity index (χ1v) is 3.12. The Morgan fingerprint density at radius 2 is 1.69 bits per heavy atom. The summed E-state index contributed by atoms with van der Waals surface area (Å²) in [7, 11) is 0. The van der Waals surface area contributed by atoms with E-state index in [-0.39, 0.29) is 18.0 Å². The molecule has 0 saturated heterocycles. The molecule has 1 aromatic rings. The maximum atomic E-state index is 12.8. The fraction of sp³-hybridized carbons (Fsp3) is 0. The van der Waals surface area contributed by atoms with Gasteiger partial charge in [0.1, 0.15) is 17.5 Å². The zero-order chi connectivity index (χ0) is 9.30. The number of anilines is 1. The normalized spacial score (nSPS) is 9.08. The largest absolute Gasteiger partial charge is 0.396 e. The molecule has 1 rings (SSSR count). The summed E-state index contributed by atoms with van der Waals surface area (Å²) >= 11 is 0. The van der Waals surface area contributed by atoms with Crippen molar-refractivity contribution in [2.75, 3.05) is 5.73 Å². The Morgan fingerprint density at radius 1 is 1.23 bits per heavy atom. The molecule has 0 aliphatic rings. The molecule has 3 nitrogen and oxygen atoms in total. The predicted molar refractivity (Wildman–Crippen MR) is 49.0 cm³/mol. The van der Waals surface area contributed by atoms with Gasteiger partial charge in [-0.2, -0.15) is 0 Å². The van der Waals surface area contributed by atoms with Gasteiger partial charge in [0, 0.05) is 0 Å². The average Bonchev–Trinajstić information content (AvgIpc) is 1.97. The van der Waals surface area contributed by atoms with E-state index in [0.29, 0.717) is 0 Å². The van der Waals surface area contributed by atoms with Crippen molar-refractivity contribution < 1.29 is 8.78 Å². The van der Waals surface area contributed by atoms with Crippen LogP contribution in [0.1, 0.15) is 5.56 Å². The van der Waals surface area contributed by atoms with E-state index in [9.17, 15) is 8.78 Å². The van der Waals surface area contributed by atoms with Crippen molar-refractivity contribution in [3.8, 4) is 0 Å². The van der Waals surface area contributed by atoms with Gasteiger partial charge in [-0.25, -0.2) is 8.78 Å². The molecule has 0 spiro atoms. The summed E-state index contributed by atoms with van der Waals surface area (Å²) in [5, 5.41) is 6.90. The van der Waals surface area contributed by atoms with Crippen LogP contribution in [0.3, 0.4) is 0 Å². The summed E-state index contributed by atoms with van der Waals surface area (Å²) in [6, 6.07) is 1.76. The second-order valence-corrected chi connectivity index (χ2v) is 2.23. The Morgan fingerprint density at radius 3 is 2.08 bits per heavy atom. The van der Waals surface area contributed by atoms with Crippen LogP contribution in [0.5, 0.6) is 0 Å². The van der Waals surface area contributed by atoms with E-state index in [1.165, 1.54) is 0 Å². The van der Waals surface area contributed by atoms with Crippen LogP contribution >= 0.6 is 12.4 Å². The van der Waals surface area contributed by atoms with Crippen molar-refractivity contribution in [1.29, 1.82) is 5.41 Å². The minimum absolute atomic E-state index is 0. The fourth-order valence-electron chi connectivity index (χ4n) is 0.841. The highest BCUT2D eigenvalue weighted by molar-refractivity contribution is 6.00. The number of benzene rings is 1. The van der Waals surface area contributed by atoms with Gasteiger partial charge in [-0.3, -0.25) is 5.41 Å². The van der Waals surface area contributed by atoms with Gasteiger partial charge in [0.2, 0.25) is 0 Å². The third-order valence-electron chi connectivity index (χ3n) is 1.41. The van der Waals surface area contributed by atoms with Gasteiger partial charge in [0.05, 0.1) is 11.3 Å². The van der Waals surface area contributed by atoms with Gasteiger partial charge < -0.3 is 11.5 Å². The van der Waals surface area contributed by atoms with Crippen LogP contribution in [0.4, 0.5) is 14.5 Å². The topological polar surface area (TPSA) is 75.9 Å². The first-order valence-electron chi connectivity index (χ1n) is 3.12. The minimum atomic E-state index is -0.790. The lowest BCUT2D eigenvalue weighted by atomic mass is 10.1. The summed E-state index contributed by atoms with van der Waals surface area (Å²) < 4.78 is 25.5. The van der Waals surface area contributed by atoms with Crippen molar-refractivity contribution in [1.82, 2.24) is 0 Å². The molecule has 0 aliphatic heterocycles. The first kappa shape index (κ1) is 11.6. The zero-order valence-corrected chi connectivity index (χ0v) is 7.29. The Labute approximate surface area is 79.6 Å². The summed E-state index contributed by atoms with van der Waals surface area (Å²) in [6.45, 7) is 0. The highest BCUT2D eigenvalue weighted by Gasteiger charge is 2.12. The van der Waals surface area contributed by atoms with Gasteiger partial charge in [0.15, 0.2) is 0 Å². The number of hydrogen-bond donors (Lipinski definition) is 3. The lowest BCUT2D eigenvalue weighted by Crippen LogP contribution is -2.16.